The van der Waals surface area contributed by atoms with Crippen LogP contribution in [0.5, 0.6) is 0 Å². The van der Waals surface area contributed by atoms with Gasteiger partial charge in [0.15, 0.2) is 0 Å². The number of pyridine rings is 1. The second-order valence-electron chi connectivity index (χ2n) is 5.65. The van der Waals surface area contributed by atoms with Crippen molar-refractivity contribution >= 4 is 17.5 Å². The predicted octanol–water partition coefficient (Wildman–Crippen LogP) is 1.74. The van der Waals surface area contributed by atoms with Crippen molar-refractivity contribution in [2.45, 2.75) is 12.2 Å². The van der Waals surface area contributed by atoms with Crippen LogP contribution < -0.4 is 0 Å². The molecule has 0 bridgehead atoms. The first-order valence-electron chi connectivity index (χ1n) is 7.53. The van der Waals surface area contributed by atoms with Crippen LogP contribution in [0.4, 0.5) is 13.2 Å². The smallest absolute Gasteiger partial charge is 0.335 e. The summed E-state index contributed by atoms with van der Waals surface area (Å²) in [5, 5.41) is 0. The Hall–Kier alpha value is -2.84. The molecule has 1 unspecified atom stereocenters. The summed E-state index contributed by atoms with van der Waals surface area (Å²) in [4.78, 5) is 30.1. The first kappa shape index (κ1) is 17.0. The molecule has 0 radical (unpaired) electrons. The summed E-state index contributed by atoms with van der Waals surface area (Å²) in [6.07, 6.45) is 1.09. The number of fused-ring (bicyclic) bond motifs is 1. The molecule has 0 saturated carbocycles. The van der Waals surface area contributed by atoms with Gasteiger partial charge in [0.25, 0.3) is 5.91 Å². The number of hydrogen-bond acceptors (Lipinski definition) is 3. The van der Waals surface area contributed by atoms with Gasteiger partial charge in [-0.1, -0.05) is 6.58 Å². The number of halogens is 3. The Morgan fingerprint density at radius 1 is 1.28 bits per heavy atom. The molecule has 2 aromatic heterocycles. The molecule has 132 valence electrons. The molecule has 2 amide bonds. The number of alkyl halides is 3. The van der Waals surface area contributed by atoms with Crippen molar-refractivity contribution in [3.63, 3.8) is 0 Å². The van der Waals surface area contributed by atoms with Crippen LogP contribution in [0.25, 0.3) is 5.65 Å². The molecule has 0 spiro atoms. The third-order valence-corrected chi connectivity index (χ3v) is 4.15. The van der Waals surface area contributed by atoms with Crippen molar-refractivity contribution in [1.82, 2.24) is 19.2 Å². The highest BCUT2D eigenvalue weighted by Crippen LogP contribution is 2.29. The monoisotopic (exact) mass is 352 g/mol. The summed E-state index contributed by atoms with van der Waals surface area (Å²) < 4.78 is 42.0. The Bertz CT molecular complexity index is 830. The largest absolute Gasteiger partial charge is 0.410 e. The van der Waals surface area contributed by atoms with Gasteiger partial charge in [-0.3, -0.25) is 9.59 Å². The minimum atomic E-state index is -4.65. The molecule has 0 N–H and O–H groups in total. The van der Waals surface area contributed by atoms with Crippen LogP contribution >= 0.6 is 0 Å². The van der Waals surface area contributed by atoms with Crippen LogP contribution in [-0.2, 0) is 4.79 Å². The minimum absolute atomic E-state index is 0.0226. The maximum atomic E-state index is 13.4. The normalized spacial score (nSPS) is 18.4. The Balaban J connectivity index is 1.89. The fourth-order valence-electron chi connectivity index (χ4n) is 2.84. The Labute approximate surface area is 141 Å². The lowest BCUT2D eigenvalue weighted by atomic mass is 10.1. The molecule has 3 heterocycles. The zero-order chi connectivity index (χ0) is 18.2. The Morgan fingerprint density at radius 2 is 2.04 bits per heavy atom. The lowest BCUT2D eigenvalue weighted by Crippen LogP contribution is -2.61. The summed E-state index contributed by atoms with van der Waals surface area (Å²) in [5.74, 6) is -1.32. The number of amides is 2. The lowest BCUT2D eigenvalue weighted by molar-refractivity contribution is -0.189. The molecule has 0 aliphatic carbocycles. The maximum absolute atomic E-state index is 13.4. The summed E-state index contributed by atoms with van der Waals surface area (Å²) in [5.41, 5.74) is 0.589. The van der Waals surface area contributed by atoms with E-state index in [0.717, 1.165) is 15.9 Å². The predicted molar refractivity (Wildman–Crippen MR) is 82.8 cm³/mol. The van der Waals surface area contributed by atoms with Gasteiger partial charge in [-0.05, 0) is 18.2 Å². The lowest BCUT2D eigenvalue weighted by Gasteiger charge is -2.41. The van der Waals surface area contributed by atoms with Gasteiger partial charge in [-0.25, -0.2) is 4.98 Å². The van der Waals surface area contributed by atoms with E-state index in [0.29, 0.717) is 5.65 Å². The van der Waals surface area contributed by atoms with Gasteiger partial charge in [-0.15, -0.1) is 0 Å². The number of nitrogens with zero attached hydrogens (tertiary/aromatic N) is 4. The van der Waals surface area contributed by atoms with Crippen molar-refractivity contribution in [2.24, 2.45) is 0 Å². The molecule has 9 heteroatoms. The zero-order valence-corrected chi connectivity index (χ0v) is 13.1. The van der Waals surface area contributed by atoms with Crippen molar-refractivity contribution in [3.8, 4) is 0 Å². The van der Waals surface area contributed by atoms with Crippen LogP contribution in [-0.4, -0.2) is 62.9 Å². The molecular formula is C16H15F3N4O2. The van der Waals surface area contributed by atoms with E-state index in [1.807, 2.05) is 0 Å². The number of aromatic nitrogens is 2. The quantitative estimate of drug-likeness (QED) is 0.774. The van der Waals surface area contributed by atoms with Crippen LogP contribution in [0.1, 0.15) is 10.4 Å². The summed E-state index contributed by atoms with van der Waals surface area (Å²) in [6.45, 7) is 2.50. The first-order chi connectivity index (χ1) is 11.8. The summed E-state index contributed by atoms with van der Waals surface area (Å²) in [6, 6.07) is 0.830. The highest BCUT2D eigenvalue weighted by atomic mass is 19.4. The number of hydrogen-bond donors (Lipinski definition) is 0. The summed E-state index contributed by atoms with van der Waals surface area (Å²) >= 11 is 0. The van der Waals surface area contributed by atoms with E-state index in [4.69, 9.17) is 0 Å². The van der Waals surface area contributed by atoms with Gasteiger partial charge in [0.05, 0.1) is 6.54 Å². The molecule has 3 rings (SSSR count). The molecule has 1 saturated heterocycles. The zero-order valence-electron chi connectivity index (χ0n) is 13.1. The molecule has 1 aliphatic heterocycles. The SMILES string of the molecule is C=CC(=O)N1CCN(C(=O)c2ccn3ccnc3c2)C(C(F)(F)F)C1. The Morgan fingerprint density at radius 3 is 2.72 bits per heavy atom. The van der Waals surface area contributed by atoms with Gasteiger partial charge < -0.3 is 14.2 Å². The number of carbonyl (C=O) groups excluding carboxylic acids is 2. The van der Waals surface area contributed by atoms with Gasteiger partial charge >= 0.3 is 6.18 Å². The van der Waals surface area contributed by atoms with Gasteiger partial charge in [-0.2, -0.15) is 13.2 Å². The third kappa shape index (κ3) is 3.21. The summed E-state index contributed by atoms with van der Waals surface area (Å²) in [7, 11) is 0. The number of carbonyl (C=O) groups is 2. The average Bonchev–Trinajstić information content (AvgIpc) is 3.06. The standard InChI is InChI=1S/C16H15F3N4O2/c1-2-14(24)22-7-8-23(12(10-22)16(17,18)19)15(25)11-3-5-21-6-4-20-13(21)9-11/h2-6,9,12H,1,7-8,10H2. The molecule has 1 atom stereocenters. The van der Waals surface area contributed by atoms with E-state index >= 15 is 0 Å². The number of imidazole rings is 1. The molecule has 25 heavy (non-hydrogen) atoms. The van der Waals surface area contributed by atoms with Crippen molar-refractivity contribution < 1.29 is 22.8 Å². The fourth-order valence-corrected chi connectivity index (χ4v) is 2.84. The second-order valence-corrected chi connectivity index (χ2v) is 5.65. The van der Waals surface area contributed by atoms with Crippen molar-refractivity contribution in [3.05, 3.63) is 48.9 Å². The van der Waals surface area contributed by atoms with E-state index in [1.165, 1.54) is 18.3 Å². The number of piperazine rings is 1. The van der Waals surface area contributed by atoms with E-state index in [1.54, 1.807) is 16.8 Å². The van der Waals surface area contributed by atoms with Crippen LogP contribution in [0.2, 0.25) is 0 Å². The highest BCUT2D eigenvalue weighted by Gasteiger charge is 2.48. The first-order valence-corrected chi connectivity index (χ1v) is 7.53. The molecule has 1 aliphatic rings. The topological polar surface area (TPSA) is 57.9 Å². The maximum Gasteiger partial charge on any atom is 0.410 e. The van der Waals surface area contributed by atoms with Crippen LogP contribution in [0.15, 0.2) is 43.4 Å². The number of rotatable bonds is 2. The van der Waals surface area contributed by atoms with Crippen molar-refractivity contribution in [2.75, 3.05) is 19.6 Å². The van der Waals surface area contributed by atoms with Gasteiger partial charge in [0, 0.05) is 37.2 Å². The third-order valence-electron chi connectivity index (χ3n) is 4.15. The molecule has 1 fully saturated rings. The minimum Gasteiger partial charge on any atom is -0.335 e. The van der Waals surface area contributed by atoms with E-state index < -0.39 is 30.6 Å². The van der Waals surface area contributed by atoms with Gasteiger partial charge in [0.1, 0.15) is 11.7 Å². The molecular weight excluding hydrogens is 337 g/mol. The molecule has 0 aromatic carbocycles. The van der Waals surface area contributed by atoms with Gasteiger partial charge in [0.2, 0.25) is 5.91 Å². The van der Waals surface area contributed by atoms with Crippen molar-refractivity contribution in [1.29, 1.82) is 0 Å². The molecule has 2 aromatic rings. The van der Waals surface area contributed by atoms with E-state index in [-0.39, 0.29) is 18.7 Å². The van der Waals surface area contributed by atoms with Crippen LogP contribution in [0.3, 0.4) is 0 Å². The highest BCUT2D eigenvalue weighted by molar-refractivity contribution is 5.95. The fraction of sp³-hybridized carbons (Fsp3) is 0.312. The Kier molecular flexibility index (Phi) is 4.23. The second kappa shape index (κ2) is 6.23. The van der Waals surface area contributed by atoms with E-state index in [2.05, 4.69) is 11.6 Å². The van der Waals surface area contributed by atoms with E-state index in [9.17, 15) is 22.8 Å². The average molecular weight is 352 g/mol. The van der Waals surface area contributed by atoms with Crippen LogP contribution in [0, 0.1) is 0 Å². The molecule has 6 nitrogen and oxygen atoms in total.